The van der Waals surface area contributed by atoms with Crippen LogP contribution in [-0.4, -0.2) is 14.7 Å². The van der Waals surface area contributed by atoms with Crippen LogP contribution >= 0.6 is 11.3 Å². The van der Waals surface area contributed by atoms with Crippen LogP contribution in [-0.2, 0) is 22.8 Å². The van der Waals surface area contributed by atoms with E-state index in [0.29, 0.717) is 12.2 Å². The second-order valence-corrected chi connectivity index (χ2v) is 7.55. The van der Waals surface area contributed by atoms with Gasteiger partial charge in [-0.05, 0) is 35.6 Å². The summed E-state index contributed by atoms with van der Waals surface area (Å²) < 4.78 is 23.3. The van der Waals surface area contributed by atoms with Crippen molar-refractivity contribution < 1.29 is 8.42 Å². The number of anilines is 2. The van der Waals surface area contributed by atoms with Gasteiger partial charge in [0.15, 0.2) is 9.84 Å². The monoisotopic (exact) mass is 310 g/mol. The number of aryl methyl sites for hydroxylation is 1. The molecule has 0 saturated heterocycles. The Morgan fingerprint density at radius 1 is 1.30 bits per heavy atom. The molecule has 0 aliphatic carbocycles. The Kier molecular flexibility index (Phi) is 4.35. The average Bonchev–Trinajstić information content (AvgIpc) is 2.83. The minimum absolute atomic E-state index is 0.171. The maximum Gasteiger partial charge on any atom is 0.177 e. The van der Waals surface area contributed by atoms with Crippen LogP contribution in [0.4, 0.5) is 11.4 Å². The molecule has 0 bridgehead atoms. The standard InChI is InChI=1S/C14H18N2O2S2/c1-3-10-7-8-19-12(10)9-16-11-5-4-6-13(14(11)15)20(2,17)18/h4-8,16H,3,9,15H2,1-2H3. The molecule has 2 rings (SSSR count). The van der Waals surface area contributed by atoms with Crippen LogP contribution < -0.4 is 11.1 Å². The first-order valence-electron chi connectivity index (χ1n) is 6.31. The summed E-state index contributed by atoms with van der Waals surface area (Å²) in [5.74, 6) is 0. The quantitative estimate of drug-likeness (QED) is 0.833. The van der Waals surface area contributed by atoms with Crippen molar-refractivity contribution >= 4 is 32.5 Å². The van der Waals surface area contributed by atoms with Crippen molar-refractivity contribution in [3.8, 4) is 0 Å². The zero-order chi connectivity index (χ0) is 14.8. The number of hydrogen-bond donors (Lipinski definition) is 2. The molecule has 0 fully saturated rings. The number of benzene rings is 1. The minimum atomic E-state index is -3.30. The molecule has 0 atom stereocenters. The lowest BCUT2D eigenvalue weighted by Gasteiger charge is -2.12. The fourth-order valence-electron chi connectivity index (χ4n) is 2.03. The lowest BCUT2D eigenvalue weighted by atomic mass is 10.2. The summed E-state index contributed by atoms with van der Waals surface area (Å²) >= 11 is 1.69. The minimum Gasteiger partial charge on any atom is -0.396 e. The van der Waals surface area contributed by atoms with Gasteiger partial charge in [-0.25, -0.2) is 8.42 Å². The van der Waals surface area contributed by atoms with Gasteiger partial charge in [-0.3, -0.25) is 0 Å². The molecule has 3 N–H and O–H groups in total. The zero-order valence-electron chi connectivity index (χ0n) is 11.5. The van der Waals surface area contributed by atoms with Crippen LogP contribution in [0.15, 0.2) is 34.5 Å². The molecule has 0 unspecified atom stereocenters. The first kappa shape index (κ1) is 14.9. The van der Waals surface area contributed by atoms with Gasteiger partial charge in [-0.15, -0.1) is 11.3 Å². The number of hydrogen-bond acceptors (Lipinski definition) is 5. The third-order valence-corrected chi connectivity index (χ3v) is 5.24. The van der Waals surface area contributed by atoms with Gasteiger partial charge < -0.3 is 11.1 Å². The van der Waals surface area contributed by atoms with E-state index in [9.17, 15) is 8.42 Å². The van der Waals surface area contributed by atoms with E-state index in [1.807, 2.05) is 0 Å². The predicted molar refractivity (Wildman–Crippen MR) is 85.0 cm³/mol. The molecule has 0 saturated carbocycles. The number of nitrogen functional groups attached to an aromatic ring is 1. The molecule has 1 aromatic heterocycles. The van der Waals surface area contributed by atoms with E-state index in [2.05, 4.69) is 23.7 Å². The fourth-order valence-corrected chi connectivity index (χ4v) is 3.79. The topological polar surface area (TPSA) is 72.2 Å². The van der Waals surface area contributed by atoms with Crippen molar-refractivity contribution in [2.75, 3.05) is 17.3 Å². The number of nitrogens with one attached hydrogen (secondary N) is 1. The molecular weight excluding hydrogens is 292 g/mol. The lowest BCUT2D eigenvalue weighted by molar-refractivity contribution is 0.602. The van der Waals surface area contributed by atoms with E-state index in [-0.39, 0.29) is 10.6 Å². The van der Waals surface area contributed by atoms with Gasteiger partial charge in [0.2, 0.25) is 0 Å². The maximum atomic E-state index is 11.6. The van der Waals surface area contributed by atoms with Gasteiger partial charge in [0.25, 0.3) is 0 Å². The highest BCUT2D eigenvalue weighted by Crippen LogP contribution is 2.28. The van der Waals surface area contributed by atoms with Gasteiger partial charge in [0.1, 0.15) is 0 Å². The Bertz CT molecular complexity index is 706. The van der Waals surface area contributed by atoms with Crippen LogP contribution in [0.2, 0.25) is 0 Å². The number of thiophene rings is 1. The highest BCUT2D eigenvalue weighted by molar-refractivity contribution is 7.90. The highest BCUT2D eigenvalue weighted by atomic mass is 32.2. The number of nitrogens with two attached hydrogens (primary N) is 1. The molecule has 1 aromatic carbocycles. The summed E-state index contributed by atoms with van der Waals surface area (Å²) in [6.07, 6.45) is 2.15. The normalized spacial score (nSPS) is 11.5. The number of sulfone groups is 1. The van der Waals surface area contributed by atoms with Crippen LogP contribution in [0.3, 0.4) is 0 Å². The smallest absolute Gasteiger partial charge is 0.177 e. The van der Waals surface area contributed by atoms with Crippen molar-refractivity contribution in [2.24, 2.45) is 0 Å². The molecule has 0 spiro atoms. The first-order valence-corrected chi connectivity index (χ1v) is 9.08. The fraction of sp³-hybridized carbons (Fsp3) is 0.286. The van der Waals surface area contributed by atoms with E-state index < -0.39 is 9.84 Å². The summed E-state index contributed by atoms with van der Waals surface area (Å²) in [5, 5.41) is 5.29. The first-order chi connectivity index (χ1) is 9.43. The summed E-state index contributed by atoms with van der Waals surface area (Å²) in [4.78, 5) is 1.42. The molecule has 20 heavy (non-hydrogen) atoms. The third-order valence-electron chi connectivity index (χ3n) is 3.12. The summed E-state index contributed by atoms with van der Waals surface area (Å²) in [6, 6.07) is 7.13. The van der Waals surface area contributed by atoms with Crippen molar-refractivity contribution in [2.45, 2.75) is 24.8 Å². The Morgan fingerprint density at radius 2 is 2.05 bits per heavy atom. The van der Waals surface area contributed by atoms with E-state index in [1.54, 1.807) is 23.5 Å². The zero-order valence-corrected chi connectivity index (χ0v) is 13.1. The SMILES string of the molecule is CCc1ccsc1CNc1cccc(S(C)(=O)=O)c1N. The Morgan fingerprint density at radius 3 is 2.70 bits per heavy atom. The molecular formula is C14H18N2O2S2. The van der Waals surface area contributed by atoms with Crippen molar-refractivity contribution in [1.29, 1.82) is 0 Å². The second-order valence-electron chi connectivity index (χ2n) is 4.57. The highest BCUT2D eigenvalue weighted by Gasteiger charge is 2.14. The van der Waals surface area contributed by atoms with Crippen LogP contribution in [0.1, 0.15) is 17.4 Å². The van der Waals surface area contributed by atoms with Gasteiger partial charge in [-0.2, -0.15) is 0 Å². The number of para-hydroxylation sites is 1. The summed E-state index contributed by atoms with van der Waals surface area (Å²) in [5.41, 5.74) is 8.19. The summed E-state index contributed by atoms with van der Waals surface area (Å²) in [6.45, 7) is 2.77. The van der Waals surface area contributed by atoms with Crippen LogP contribution in [0.5, 0.6) is 0 Å². The van der Waals surface area contributed by atoms with E-state index in [1.165, 1.54) is 16.5 Å². The van der Waals surface area contributed by atoms with Crippen LogP contribution in [0.25, 0.3) is 0 Å². The third kappa shape index (κ3) is 3.13. The summed E-state index contributed by atoms with van der Waals surface area (Å²) in [7, 11) is -3.30. The predicted octanol–water partition coefficient (Wildman–Crippen LogP) is 2.91. The molecule has 0 aliphatic rings. The molecule has 0 radical (unpaired) electrons. The van der Waals surface area contributed by atoms with Crippen molar-refractivity contribution in [3.63, 3.8) is 0 Å². The maximum absolute atomic E-state index is 11.6. The van der Waals surface area contributed by atoms with Gasteiger partial charge in [0, 0.05) is 17.7 Å². The second kappa shape index (κ2) is 5.85. The molecule has 4 nitrogen and oxygen atoms in total. The largest absolute Gasteiger partial charge is 0.396 e. The average molecular weight is 310 g/mol. The molecule has 1 heterocycles. The van der Waals surface area contributed by atoms with Gasteiger partial charge in [-0.1, -0.05) is 13.0 Å². The van der Waals surface area contributed by atoms with Crippen molar-refractivity contribution in [1.82, 2.24) is 0 Å². The van der Waals surface area contributed by atoms with E-state index in [0.717, 1.165) is 12.7 Å². The van der Waals surface area contributed by atoms with Crippen LogP contribution in [0, 0.1) is 0 Å². The molecule has 0 aliphatic heterocycles. The van der Waals surface area contributed by atoms with Crippen molar-refractivity contribution in [3.05, 3.63) is 40.1 Å². The van der Waals surface area contributed by atoms with Gasteiger partial charge in [0.05, 0.1) is 16.3 Å². The Hall–Kier alpha value is -1.53. The van der Waals surface area contributed by atoms with Gasteiger partial charge >= 0.3 is 0 Å². The molecule has 108 valence electrons. The lowest BCUT2D eigenvalue weighted by Crippen LogP contribution is -2.07. The molecule has 0 amide bonds. The Balaban J connectivity index is 2.23. The molecule has 2 aromatic rings. The van der Waals surface area contributed by atoms with E-state index >= 15 is 0 Å². The van der Waals surface area contributed by atoms with E-state index in [4.69, 9.17) is 5.73 Å². The molecule has 6 heteroatoms. The Labute approximate surface area is 123 Å². The number of rotatable bonds is 5.